The molecule has 5 heteroatoms. The number of hydrogen-bond acceptors (Lipinski definition) is 2. The highest BCUT2D eigenvalue weighted by Gasteiger charge is 2.18. The molecule has 20 heavy (non-hydrogen) atoms. The molecule has 0 unspecified atom stereocenters. The van der Waals surface area contributed by atoms with Gasteiger partial charge in [-0.2, -0.15) is 14.1 Å². The van der Waals surface area contributed by atoms with Crippen LogP contribution in [0, 0.1) is 5.21 Å². The second-order valence-electron chi connectivity index (χ2n) is 4.51. The first-order chi connectivity index (χ1) is 9.59. The Morgan fingerprint density at radius 2 is 1.85 bits per heavy atom. The second kappa shape index (κ2) is 4.76. The van der Waals surface area contributed by atoms with Gasteiger partial charge in [0.15, 0.2) is 5.69 Å². The van der Waals surface area contributed by atoms with Crippen LogP contribution in [-0.2, 0) is 7.05 Å². The molecule has 3 rings (SSSR count). The number of aromatic nitrogens is 2. The molecule has 100 valence electrons. The summed E-state index contributed by atoms with van der Waals surface area (Å²) in [5.41, 5.74) is 1.25. The molecule has 0 bridgehead atoms. The molecule has 0 spiro atoms. The average molecular weight is 331 g/mol. The Morgan fingerprint density at radius 3 is 2.55 bits per heavy atom. The lowest BCUT2D eigenvalue weighted by atomic mass is 10.1. The smallest absolute Gasteiger partial charge is 0.501 e. The van der Waals surface area contributed by atoms with Gasteiger partial charge < -0.3 is 5.21 Å². The third-order valence-corrected chi connectivity index (χ3v) is 3.78. The molecule has 0 saturated heterocycles. The van der Waals surface area contributed by atoms with Crippen molar-refractivity contribution in [2.24, 2.45) is 7.05 Å². The predicted octanol–water partition coefficient (Wildman–Crippen LogP) is 2.60. The summed E-state index contributed by atoms with van der Waals surface area (Å²) >= 11 is 3.41. The zero-order valence-corrected chi connectivity index (χ0v) is 12.3. The van der Waals surface area contributed by atoms with E-state index >= 15 is 0 Å². The summed E-state index contributed by atoms with van der Waals surface area (Å²) in [7, 11) is 1.60. The van der Waals surface area contributed by atoms with Crippen LogP contribution in [0.4, 0.5) is 0 Å². The highest BCUT2D eigenvalue weighted by atomic mass is 79.9. The monoisotopic (exact) mass is 330 g/mol. The number of halogens is 1. The summed E-state index contributed by atoms with van der Waals surface area (Å²) in [5.74, 6) is 0. The Labute approximate surface area is 123 Å². The fourth-order valence-electron chi connectivity index (χ4n) is 2.30. The summed E-state index contributed by atoms with van der Waals surface area (Å²) in [4.78, 5) is 12.1. The first-order valence-electron chi connectivity index (χ1n) is 6.07. The van der Waals surface area contributed by atoms with E-state index in [1.54, 1.807) is 7.05 Å². The van der Waals surface area contributed by atoms with Crippen molar-refractivity contribution in [1.82, 2.24) is 4.57 Å². The third kappa shape index (κ3) is 1.91. The Bertz CT molecular complexity index is 857. The number of hydrogen-bond donors (Lipinski definition) is 0. The fourth-order valence-corrected chi connectivity index (χ4v) is 2.66. The quantitative estimate of drug-likeness (QED) is 0.508. The Balaban J connectivity index is 2.53. The molecule has 0 aliphatic carbocycles. The molecular formula is C15H11BrN2O2. The Hall–Kier alpha value is -2.14. The minimum absolute atomic E-state index is 0.380. The van der Waals surface area contributed by atoms with Gasteiger partial charge in [-0.05, 0) is 18.2 Å². The minimum atomic E-state index is -0.585. The lowest BCUT2D eigenvalue weighted by Gasteiger charge is -2.12. The van der Waals surface area contributed by atoms with E-state index in [1.165, 1.54) is 4.57 Å². The second-order valence-corrected chi connectivity index (χ2v) is 5.43. The zero-order chi connectivity index (χ0) is 14.3. The molecule has 0 aliphatic rings. The van der Waals surface area contributed by atoms with Gasteiger partial charge in [0.05, 0.1) is 12.4 Å². The van der Waals surface area contributed by atoms with Crippen LogP contribution in [0.2, 0.25) is 0 Å². The molecular weight excluding hydrogens is 320 g/mol. The first-order valence-corrected chi connectivity index (χ1v) is 6.86. The molecule has 1 aromatic heterocycles. The van der Waals surface area contributed by atoms with Gasteiger partial charge in [0.2, 0.25) is 0 Å². The Morgan fingerprint density at radius 1 is 1.15 bits per heavy atom. The van der Waals surface area contributed by atoms with Gasteiger partial charge in [-0.15, -0.1) is 0 Å². The van der Waals surface area contributed by atoms with Gasteiger partial charge in [-0.25, -0.2) is 0 Å². The van der Waals surface area contributed by atoms with Crippen LogP contribution >= 0.6 is 15.9 Å². The minimum Gasteiger partial charge on any atom is -0.708 e. The number of fused-ring (bicyclic) bond motifs is 1. The van der Waals surface area contributed by atoms with E-state index in [0.29, 0.717) is 10.4 Å². The SMILES string of the molecule is Cn1c(=O)[n+]([O-])c(-c2ccccc2)c2cc(Br)ccc21. The van der Waals surface area contributed by atoms with Crippen molar-refractivity contribution in [2.45, 2.75) is 0 Å². The van der Waals surface area contributed by atoms with Crippen LogP contribution in [0.15, 0.2) is 57.8 Å². The van der Waals surface area contributed by atoms with Crippen molar-refractivity contribution in [2.75, 3.05) is 0 Å². The zero-order valence-electron chi connectivity index (χ0n) is 10.7. The molecule has 0 fully saturated rings. The van der Waals surface area contributed by atoms with Crippen molar-refractivity contribution in [3.05, 3.63) is 68.7 Å². The van der Waals surface area contributed by atoms with Crippen molar-refractivity contribution >= 4 is 26.8 Å². The van der Waals surface area contributed by atoms with E-state index in [-0.39, 0.29) is 0 Å². The number of rotatable bonds is 1. The van der Waals surface area contributed by atoms with Crippen molar-refractivity contribution in [3.63, 3.8) is 0 Å². The highest BCUT2D eigenvalue weighted by molar-refractivity contribution is 9.10. The summed E-state index contributed by atoms with van der Waals surface area (Å²) in [5, 5.41) is 13.0. The molecule has 0 amide bonds. The molecule has 0 atom stereocenters. The largest absolute Gasteiger partial charge is 0.708 e. The maximum absolute atomic E-state index is 12.3. The van der Waals surface area contributed by atoms with Gasteiger partial charge in [0.25, 0.3) is 0 Å². The normalized spacial score (nSPS) is 10.9. The number of aryl methyl sites for hydroxylation is 1. The van der Waals surface area contributed by atoms with Crippen LogP contribution in [-0.4, -0.2) is 4.57 Å². The van der Waals surface area contributed by atoms with E-state index in [1.807, 2.05) is 48.5 Å². The molecule has 0 N–H and O–H groups in total. The predicted molar refractivity (Wildman–Crippen MR) is 81.3 cm³/mol. The first kappa shape index (κ1) is 12.9. The molecule has 4 nitrogen and oxygen atoms in total. The van der Waals surface area contributed by atoms with Crippen molar-refractivity contribution in [3.8, 4) is 11.3 Å². The average Bonchev–Trinajstić information content (AvgIpc) is 2.46. The molecule has 0 aliphatic heterocycles. The van der Waals surface area contributed by atoms with Gasteiger partial charge >= 0.3 is 5.69 Å². The molecule has 3 aromatic rings. The number of benzene rings is 2. The van der Waals surface area contributed by atoms with Crippen molar-refractivity contribution in [1.29, 1.82) is 0 Å². The molecule has 0 saturated carbocycles. The lowest BCUT2D eigenvalue weighted by molar-refractivity contribution is -0.613. The summed E-state index contributed by atoms with van der Waals surface area (Å²) in [6, 6.07) is 14.7. The van der Waals surface area contributed by atoms with E-state index in [0.717, 1.165) is 20.9 Å². The maximum atomic E-state index is 12.3. The van der Waals surface area contributed by atoms with E-state index in [4.69, 9.17) is 0 Å². The Kier molecular flexibility index (Phi) is 3.06. The highest BCUT2D eigenvalue weighted by Crippen LogP contribution is 2.26. The third-order valence-electron chi connectivity index (χ3n) is 3.29. The van der Waals surface area contributed by atoms with Crippen LogP contribution in [0.3, 0.4) is 0 Å². The van der Waals surface area contributed by atoms with Crippen LogP contribution in [0.1, 0.15) is 0 Å². The lowest BCUT2D eigenvalue weighted by Crippen LogP contribution is -2.51. The van der Waals surface area contributed by atoms with E-state index < -0.39 is 5.69 Å². The van der Waals surface area contributed by atoms with Crippen molar-refractivity contribution < 1.29 is 4.73 Å². The fraction of sp³-hybridized carbons (Fsp3) is 0.0667. The van der Waals surface area contributed by atoms with Gasteiger partial charge in [-0.3, -0.25) is 0 Å². The van der Waals surface area contributed by atoms with E-state index in [2.05, 4.69) is 15.9 Å². The maximum Gasteiger partial charge on any atom is 0.501 e. The standard InChI is InChI=1S/C15H11BrN2O2/c1-17-13-8-7-11(16)9-12(13)14(18(20)15(17)19)10-5-3-2-4-6-10/h2-9H,1H3. The summed E-state index contributed by atoms with van der Waals surface area (Å²) in [6.45, 7) is 0. The number of nitrogens with zero attached hydrogens (tertiary/aromatic N) is 2. The van der Waals surface area contributed by atoms with Crippen LogP contribution in [0.25, 0.3) is 22.2 Å². The molecule has 0 radical (unpaired) electrons. The van der Waals surface area contributed by atoms with Gasteiger partial charge in [-0.1, -0.05) is 46.3 Å². The van der Waals surface area contributed by atoms with Gasteiger partial charge in [0, 0.05) is 10.0 Å². The molecule has 1 heterocycles. The summed E-state index contributed by atoms with van der Waals surface area (Å²) < 4.78 is 2.67. The van der Waals surface area contributed by atoms with Gasteiger partial charge in [0.1, 0.15) is 5.52 Å². The van der Waals surface area contributed by atoms with E-state index in [9.17, 15) is 10.0 Å². The summed E-state index contributed by atoms with van der Waals surface area (Å²) in [6.07, 6.45) is 0. The van der Waals surface area contributed by atoms with Crippen LogP contribution < -0.4 is 10.4 Å². The molecule has 2 aromatic carbocycles. The van der Waals surface area contributed by atoms with Crippen LogP contribution in [0.5, 0.6) is 0 Å². The topological polar surface area (TPSA) is 48.9 Å².